The van der Waals surface area contributed by atoms with Crippen LogP contribution in [0.1, 0.15) is 70.9 Å². The van der Waals surface area contributed by atoms with E-state index in [1.54, 1.807) is 11.8 Å². The first-order chi connectivity index (χ1) is 20.5. The molecule has 1 saturated heterocycles. The standard InChI is InChI=1S/C35H43N3O5/c1-33(2)25-16-17-34(33,3)29(19-25)43-32(41)37-35(4,20-24-21-36-27-14-9-8-13-26(24)27)31(40)38-18-10-15-28(38)30(39)42-22-23-11-6-5-7-12-23/h5-9,11-14,21,25,28-29,36H,10,15-20,22H2,1-4H3,(H,37,41)/t25-,28-,29?,34-,35-/m1/s1. The predicted molar refractivity (Wildman–Crippen MR) is 164 cm³/mol. The average Bonchev–Trinajstić information content (AvgIpc) is 3.73. The molecule has 2 bridgehead atoms. The van der Waals surface area contributed by atoms with Gasteiger partial charge < -0.3 is 24.7 Å². The largest absolute Gasteiger partial charge is 0.459 e. The van der Waals surface area contributed by atoms with Gasteiger partial charge in [-0.15, -0.1) is 0 Å². The van der Waals surface area contributed by atoms with Crippen LogP contribution in [0.15, 0.2) is 60.8 Å². The van der Waals surface area contributed by atoms with Crippen molar-refractivity contribution in [3.63, 3.8) is 0 Å². The minimum absolute atomic E-state index is 0.0873. The molecule has 43 heavy (non-hydrogen) atoms. The van der Waals surface area contributed by atoms with E-state index in [-0.39, 0.29) is 35.9 Å². The highest BCUT2D eigenvalue weighted by molar-refractivity contribution is 5.94. The summed E-state index contributed by atoms with van der Waals surface area (Å²) in [6.07, 6.45) is 5.54. The molecule has 8 nitrogen and oxygen atoms in total. The molecule has 1 unspecified atom stereocenters. The number of nitrogens with one attached hydrogen (secondary N) is 2. The lowest BCUT2D eigenvalue weighted by molar-refractivity contribution is -0.156. The molecule has 8 heteroatoms. The van der Waals surface area contributed by atoms with Crippen LogP contribution in [0.25, 0.3) is 10.9 Å². The maximum Gasteiger partial charge on any atom is 0.408 e. The second kappa shape index (κ2) is 11.0. The summed E-state index contributed by atoms with van der Waals surface area (Å²) in [5.41, 5.74) is 1.38. The number of benzene rings is 2. The lowest BCUT2D eigenvalue weighted by Gasteiger charge is -2.39. The van der Waals surface area contributed by atoms with Gasteiger partial charge in [0.15, 0.2) is 0 Å². The number of carbonyl (C=O) groups is 3. The van der Waals surface area contributed by atoms with E-state index in [1.165, 1.54) is 0 Å². The van der Waals surface area contributed by atoms with E-state index in [0.717, 1.165) is 41.3 Å². The molecule has 1 aromatic heterocycles. The normalized spacial score (nSPS) is 27.2. The van der Waals surface area contributed by atoms with Gasteiger partial charge in [-0.2, -0.15) is 0 Å². The number of para-hydroxylation sites is 1. The summed E-state index contributed by atoms with van der Waals surface area (Å²) in [7, 11) is 0. The van der Waals surface area contributed by atoms with Crippen LogP contribution >= 0.6 is 0 Å². The van der Waals surface area contributed by atoms with E-state index in [1.807, 2.05) is 60.8 Å². The van der Waals surface area contributed by atoms with E-state index in [4.69, 9.17) is 9.47 Å². The van der Waals surface area contributed by atoms with Gasteiger partial charge in [0.1, 0.15) is 24.3 Å². The number of likely N-dealkylation sites (tertiary alicyclic amines) is 1. The van der Waals surface area contributed by atoms with Gasteiger partial charge in [-0.3, -0.25) is 4.79 Å². The number of aromatic nitrogens is 1. The van der Waals surface area contributed by atoms with Crippen molar-refractivity contribution >= 4 is 28.9 Å². The second-order valence-electron chi connectivity index (χ2n) is 13.7. The topological polar surface area (TPSA) is 101 Å². The van der Waals surface area contributed by atoms with Crippen LogP contribution in [0, 0.1) is 16.7 Å². The SMILES string of the molecule is CC1(C)[C@@H]2CC[C@]1(C)C(OC(=O)N[C@](C)(Cc1c[nH]c3ccccc13)C(=O)N1CCC[C@@H]1C(=O)OCc1ccccc1)C2. The highest BCUT2D eigenvalue weighted by Gasteiger charge is 2.63. The Bertz CT molecular complexity index is 1520. The molecule has 228 valence electrons. The molecule has 3 aromatic rings. The minimum atomic E-state index is -1.35. The number of fused-ring (bicyclic) bond motifs is 3. The number of ether oxygens (including phenoxy) is 2. The molecule has 1 aliphatic heterocycles. The summed E-state index contributed by atoms with van der Waals surface area (Å²) < 4.78 is 11.8. The van der Waals surface area contributed by atoms with Crippen LogP contribution < -0.4 is 5.32 Å². The minimum Gasteiger partial charge on any atom is -0.459 e. The van der Waals surface area contributed by atoms with Crippen molar-refractivity contribution in [1.82, 2.24) is 15.2 Å². The molecular formula is C35H43N3O5. The van der Waals surface area contributed by atoms with Gasteiger partial charge in [-0.1, -0.05) is 69.3 Å². The number of hydrogen-bond acceptors (Lipinski definition) is 5. The molecule has 0 spiro atoms. The number of amides is 2. The predicted octanol–water partition coefficient (Wildman–Crippen LogP) is 6.14. The summed E-state index contributed by atoms with van der Waals surface area (Å²) in [5, 5.41) is 3.99. The van der Waals surface area contributed by atoms with Crippen LogP contribution in [0.3, 0.4) is 0 Å². The molecular weight excluding hydrogens is 542 g/mol. The number of hydrogen-bond donors (Lipinski definition) is 2. The van der Waals surface area contributed by atoms with Crippen LogP contribution in [-0.2, 0) is 32.1 Å². The molecule has 5 atom stereocenters. The summed E-state index contributed by atoms with van der Waals surface area (Å²) in [4.78, 5) is 46.2. The van der Waals surface area contributed by atoms with Crippen LogP contribution in [0.4, 0.5) is 4.79 Å². The summed E-state index contributed by atoms with van der Waals surface area (Å²) >= 11 is 0. The lowest BCUT2D eigenvalue weighted by atomic mass is 9.70. The highest BCUT2D eigenvalue weighted by atomic mass is 16.6. The Kier molecular flexibility index (Phi) is 7.51. The number of nitrogens with zero attached hydrogens (tertiary/aromatic N) is 1. The van der Waals surface area contributed by atoms with Crippen molar-refractivity contribution in [3.05, 3.63) is 71.9 Å². The van der Waals surface area contributed by atoms with Gasteiger partial charge in [0.25, 0.3) is 0 Å². The quantitative estimate of drug-likeness (QED) is 0.309. The third-order valence-electron chi connectivity index (χ3n) is 11.0. The zero-order chi connectivity index (χ0) is 30.4. The van der Waals surface area contributed by atoms with Crippen molar-refractivity contribution < 1.29 is 23.9 Å². The first-order valence-corrected chi connectivity index (χ1v) is 15.6. The van der Waals surface area contributed by atoms with Gasteiger partial charge in [-0.05, 0) is 67.6 Å². The summed E-state index contributed by atoms with van der Waals surface area (Å²) in [6, 6.07) is 16.7. The van der Waals surface area contributed by atoms with Gasteiger partial charge >= 0.3 is 12.1 Å². The van der Waals surface area contributed by atoms with Crippen molar-refractivity contribution in [1.29, 1.82) is 0 Å². The third-order valence-corrected chi connectivity index (χ3v) is 11.0. The Morgan fingerprint density at radius 1 is 1.05 bits per heavy atom. The van der Waals surface area contributed by atoms with Gasteiger partial charge in [0.2, 0.25) is 5.91 Å². The number of rotatable bonds is 8. The first kappa shape index (κ1) is 29.3. The fourth-order valence-corrected chi connectivity index (χ4v) is 7.92. The van der Waals surface area contributed by atoms with Gasteiger partial charge in [0, 0.05) is 35.5 Å². The molecule has 0 radical (unpaired) electrons. The van der Waals surface area contributed by atoms with Gasteiger partial charge in [-0.25, -0.2) is 9.59 Å². The Morgan fingerprint density at radius 2 is 1.79 bits per heavy atom. The Morgan fingerprint density at radius 3 is 2.51 bits per heavy atom. The number of alkyl carbamates (subject to hydrolysis) is 1. The fourth-order valence-electron chi connectivity index (χ4n) is 7.92. The van der Waals surface area contributed by atoms with Crippen molar-refractivity contribution in [2.24, 2.45) is 16.7 Å². The van der Waals surface area contributed by atoms with Gasteiger partial charge in [0.05, 0.1) is 0 Å². The maximum absolute atomic E-state index is 14.4. The fraction of sp³-hybridized carbons (Fsp3) is 0.514. The highest BCUT2D eigenvalue weighted by Crippen LogP contribution is 2.66. The lowest BCUT2D eigenvalue weighted by Crippen LogP contribution is -2.61. The van der Waals surface area contributed by atoms with Crippen LogP contribution in [0.5, 0.6) is 0 Å². The molecule has 2 aromatic carbocycles. The maximum atomic E-state index is 14.4. The van der Waals surface area contributed by atoms with Crippen molar-refractivity contribution in [2.75, 3.05) is 6.54 Å². The first-order valence-electron chi connectivity index (χ1n) is 15.6. The van der Waals surface area contributed by atoms with Crippen LogP contribution in [-0.4, -0.2) is 52.1 Å². The van der Waals surface area contributed by atoms with E-state index in [0.29, 0.717) is 25.3 Å². The zero-order valence-electron chi connectivity index (χ0n) is 25.7. The molecule has 2 saturated carbocycles. The van der Waals surface area contributed by atoms with Crippen molar-refractivity contribution in [2.45, 2.75) is 90.5 Å². The average molecular weight is 586 g/mol. The smallest absolute Gasteiger partial charge is 0.408 e. The Labute approximate surface area is 253 Å². The zero-order valence-corrected chi connectivity index (χ0v) is 25.7. The summed E-state index contributed by atoms with van der Waals surface area (Å²) in [5.74, 6) is -0.223. The molecule has 2 heterocycles. The van der Waals surface area contributed by atoms with E-state index in [9.17, 15) is 14.4 Å². The third kappa shape index (κ3) is 5.19. The van der Waals surface area contributed by atoms with Crippen LogP contribution in [0.2, 0.25) is 0 Å². The van der Waals surface area contributed by atoms with Crippen molar-refractivity contribution in [3.8, 4) is 0 Å². The monoisotopic (exact) mass is 585 g/mol. The van der Waals surface area contributed by atoms with E-state index in [2.05, 4.69) is 31.1 Å². The number of esters is 1. The Hall–Kier alpha value is -3.81. The summed E-state index contributed by atoms with van der Waals surface area (Å²) in [6.45, 7) is 9.09. The van der Waals surface area contributed by atoms with E-state index < -0.39 is 23.6 Å². The molecule has 2 N–H and O–H groups in total. The van der Waals surface area contributed by atoms with E-state index >= 15 is 0 Å². The molecule has 3 aliphatic rings. The molecule has 3 fully saturated rings. The molecule has 6 rings (SSSR count). The number of H-pyrrole nitrogens is 1. The molecule has 2 aliphatic carbocycles. The Balaban J connectivity index is 1.23. The number of aromatic amines is 1. The number of carbonyl (C=O) groups excluding carboxylic acids is 3. The second-order valence-corrected chi connectivity index (χ2v) is 13.7. The molecule has 2 amide bonds.